The van der Waals surface area contributed by atoms with Gasteiger partial charge in [-0.05, 0) is 22.0 Å². The first-order valence-electron chi connectivity index (χ1n) is 5.43. The smallest absolute Gasteiger partial charge is 0.326 e. The molecule has 1 fully saturated rings. The van der Waals surface area contributed by atoms with Crippen LogP contribution in [0, 0.1) is 0 Å². The Balaban J connectivity index is 2.33. The molecule has 19 heavy (non-hydrogen) atoms. The lowest BCUT2D eigenvalue weighted by Gasteiger charge is -2.21. The first-order chi connectivity index (χ1) is 8.90. The predicted octanol–water partition coefficient (Wildman–Crippen LogP) is 1.16. The number of nitrogens with zero attached hydrogens (tertiary/aromatic N) is 2. The largest absolute Gasteiger partial charge is 0.480 e. The predicted molar refractivity (Wildman–Crippen MR) is 70.0 cm³/mol. The first kappa shape index (κ1) is 14.2. The lowest BCUT2D eigenvalue weighted by Crippen LogP contribution is -2.40. The summed E-state index contributed by atoms with van der Waals surface area (Å²) in [6.45, 7) is -0.0291. The molecule has 0 saturated carbocycles. The minimum absolute atomic E-state index is 0.00118. The van der Waals surface area contributed by atoms with E-state index in [9.17, 15) is 14.7 Å². The van der Waals surface area contributed by atoms with Crippen LogP contribution in [-0.4, -0.2) is 50.7 Å². The molecule has 1 aromatic heterocycles. The minimum atomic E-state index is -1.15. The number of likely N-dealkylation sites (tertiary alicyclic amines) is 1. The molecule has 1 amide bonds. The molecular formula is C11H10BrClN2O4. The van der Waals surface area contributed by atoms with Gasteiger partial charge in [0.25, 0.3) is 5.91 Å². The third-order valence-electron chi connectivity index (χ3n) is 2.86. The second-order valence-electron chi connectivity index (χ2n) is 4.19. The maximum atomic E-state index is 12.3. The van der Waals surface area contributed by atoms with E-state index in [1.54, 1.807) is 0 Å². The molecule has 8 heteroatoms. The van der Waals surface area contributed by atoms with Gasteiger partial charge in [-0.2, -0.15) is 0 Å². The van der Waals surface area contributed by atoms with Crippen molar-refractivity contribution < 1.29 is 19.8 Å². The number of carboxylic acids is 1. The Labute approximate surface area is 122 Å². The summed E-state index contributed by atoms with van der Waals surface area (Å²) in [6, 6.07) is 0.430. The summed E-state index contributed by atoms with van der Waals surface area (Å²) in [4.78, 5) is 28.3. The van der Waals surface area contributed by atoms with Gasteiger partial charge in [-0.1, -0.05) is 11.6 Å². The van der Waals surface area contributed by atoms with Crippen LogP contribution >= 0.6 is 27.5 Å². The second-order valence-corrected chi connectivity index (χ2v) is 5.47. The Morgan fingerprint density at radius 3 is 2.84 bits per heavy atom. The monoisotopic (exact) mass is 348 g/mol. The lowest BCUT2D eigenvalue weighted by atomic mass is 10.2. The van der Waals surface area contributed by atoms with Gasteiger partial charge < -0.3 is 15.1 Å². The summed E-state index contributed by atoms with van der Waals surface area (Å²) in [5, 5.41) is 18.6. The lowest BCUT2D eigenvalue weighted by molar-refractivity contribution is -0.141. The molecule has 102 valence electrons. The Hall–Kier alpha value is -1.18. The maximum absolute atomic E-state index is 12.3. The number of β-amino-alcohol motifs (C(OH)–C–C–N with tert-alkyl or cyclic N) is 1. The molecule has 2 unspecified atom stereocenters. The van der Waals surface area contributed by atoms with Gasteiger partial charge in [0.1, 0.15) is 11.2 Å². The average molecular weight is 350 g/mol. The zero-order chi connectivity index (χ0) is 14.2. The van der Waals surface area contributed by atoms with Gasteiger partial charge in [-0.25, -0.2) is 9.78 Å². The molecule has 1 saturated heterocycles. The normalized spacial score (nSPS) is 22.6. The van der Waals surface area contributed by atoms with Gasteiger partial charge in [-0.3, -0.25) is 4.79 Å². The second kappa shape index (κ2) is 5.44. The quantitative estimate of drug-likeness (QED) is 0.782. The Bertz CT molecular complexity index is 539. The highest BCUT2D eigenvalue weighted by Crippen LogP contribution is 2.25. The molecular weight excluding hydrogens is 339 g/mol. The SMILES string of the molecule is O=C(O)C1CC(O)CN1C(=O)c1cc(Br)cnc1Cl. The van der Waals surface area contributed by atoms with Crippen LogP contribution in [0.4, 0.5) is 0 Å². The highest BCUT2D eigenvalue weighted by Gasteiger charge is 2.39. The van der Waals surface area contributed by atoms with Crippen LogP contribution in [0.3, 0.4) is 0 Å². The van der Waals surface area contributed by atoms with Crippen LogP contribution in [0.15, 0.2) is 16.7 Å². The van der Waals surface area contributed by atoms with Crippen LogP contribution in [0.1, 0.15) is 16.8 Å². The van der Waals surface area contributed by atoms with Crippen molar-refractivity contribution in [3.05, 3.63) is 27.5 Å². The molecule has 2 heterocycles. The van der Waals surface area contributed by atoms with E-state index < -0.39 is 24.0 Å². The number of amides is 1. The van der Waals surface area contributed by atoms with Crippen LogP contribution in [0.25, 0.3) is 0 Å². The van der Waals surface area contributed by atoms with Crippen molar-refractivity contribution in [2.24, 2.45) is 0 Å². The maximum Gasteiger partial charge on any atom is 0.326 e. The van der Waals surface area contributed by atoms with Crippen molar-refractivity contribution >= 4 is 39.4 Å². The van der Waals surface area contributed by atoms with E-state index in [1.807, 2.05) is 0 Å². The highest BCUT2D eigenvalue weighted by atomic mass is 79.9. The number of rotatable bonds is 2. The Morgan fingerprint density at radius 1 is 1.53 bits per heavy atom. The van der Waals surface area contributed by atoms with Gasteiger partial charge >= 0.3 is 5.97 Å². The number of carboxylic acid groups (broad SMARTS) is 1. The Morgan fingerprint density at radius 2 is 2.21 bits per heavy atom. The molecule has 0 spiro atoms. The molecule has 1 aliphatic heterocycles. The molecule has 0 bridgehead atoms. The highest BCUT2D eigenvalue weighted by molar-refractivity contribution is 9.10. The van der Waals surface area contributed by atoms with E-state index in [1.165, 1.54) is 12.3 Å². The topological polar surface area (TPSA) is 90.7 Å². The fourth-order valence-corrected chi connectivity index (χ4v) is 2.52. The number of hydrogen-bond donors (Lipinski definition) is 2. The summed E-state index contributed by atoms with van der Waals surface area (Å²) >= 11 is 9.02. The number of carbonyl (C=O) groups excluding carboxylic acids is 1. The van der Waals surface area contributed by atoms with Crippen LogP contribution < -0.4 is 0 Å². The third kappa shape index (κ3) is 2.88. The number of aliphatic hydroxyl groups excluding tert-OH is 1. The summed E-state index contributed by atoms with van der Waals surface area (Å²) in [5.41, 5.74) is 0.108. The van der Waals surface area contributed by atoms with E-state index >= 15 is 0 Å². The molecule has 0 aliphatic carbocycles. The van der Waals surface area contributed by atoms with Crippen molar-refractivity contribution in [2.75, 3.05) is 6.54 Å². The van der Waals surface area contributed by atoms with Crippen LogP contribution in [-0.2, 0) is 4.79 Å². The fourth-order valence-electron chi connectivity index (χ4n) is 2.00. The van der Waals surface area contributed by atoms with Crippen molar-refractivity contribution in [1.82, 2.24) is 9.88 Å². The minimum Gasteiger partial charge on any atom is -0.480 e. The molecule has 2 atom stereocenters. The van der Waals surface area contributed by atoms with E-state index in [4.69, 9.17) is 16.7 Å². The number of hydrogen-bond acceptors (Lipinski definition) is 4. The van der Waals surface area contributed by atoms with Crippen molar-refractivity contribution in [2.45, 2.75) is 18.6 Å². The number of carbonyl (C=O) groups is 2. The first-order valence-corrected chi connectivity index (χ1v) is 6.60. The van der Waals surface area contributed by atoms with Crippen LogP contribution in [0.2, 0.25) is 5.15 Å². The van der Waals surface area contributed by atoms with E-state index in [0.717, 1.165) is 4.90 Å². The van der Waals surface area contributed by atoms with E-state index in [2.05, 4.69) is 20.9 Å². The zero-order valence-electron chi connectivity index (χ0n) is 9.58. The molecule has 2 rings (SSSR count). The molecule has 2 N–H and O–H groups in total. The number of aliphatic hydroxyl groups is 1. The summed E-state index contributed by atoms with van der Waals surface area (Å²) in [5.74, 6) is -1.70. The third-order valence-corrected chi connectivity index (χ3v) is 3.60. The molecule has 6 nitrogen and oxygen atoms in total. The zero-order valence-corrected chi connectivity index (χ0v) is 11.9. The molecule has 1 aliphatic rings. The molecule has 0 aromatic carbocycles. The summed E-state index contributed by atoms with van der Waals surface area (Å²) in [6.07, 6.45) is 0.608. The number of pyridine rings is 1. The van der Waals surface area contributed by atoms with Gasteiger partial charge in [-0.15, -0.1) is 0 Å². The summed E-state index contributed by atoms with van der Waals surface area (Å²) < 4.78 is 0.562. The van der Waals surface area contributed by atoms with E-state index in [0.29, 0.717) is 4.47 Å². The number of aliphatic carboxylic acids is 1. The van der Waals surface area contributed by atoms with Crippen molar-refractivity contribution in [3.8, 4) is 0 Å². The number of halogens is 2. The average Bonchev–Trinajstić information content (AvgIpc) is 2.74. The van der Waals surface area contributed by atoms with Gasteiger partial charge in [0, 0.05) is 23.6 Å². The van der Waals surface area contributed by atoms with Gasteiger partial charge in [0.2, 0.25) is 0 Å². The van der Waals surface area contributed by atoms with E-state index in [-0.39, 0.29) is 23.7 Å². The molecule has 1 aromatic rings. The van der Waals surface area contributed by atoms with Crippen LogP contribution in [0.5, 0.6) is 0 Å². The van der Waals surface area contributed by atoms with Crippen molar-refractivity contribution in [1.29, 1.82) is 0 Å². The summed E-state index contributed by atoms with van der Waals surface area (Å²) in [7, 11) is 0. The van der Waals surface area contributed by atoms with Crippen molar-refractivity contribution in [3.63, 3.8) is 0 Å². The molecule has 0 radical (unpaired) electrons. The van der Waals surface area contributed by atoms with Gasteiger partial charge in [0.05, 0.1) is 11.7 Å². The number of aromatic nitrogens is 1. The van der Waals surface area contributed by atoms with Gasteiger partial charge in [0.15, 0.2) is 0 Å². The fraction of sp³-hybridized carbons (Fsp3) is 0.364. The standard InChI is InChI=1S/C11H10BrClN2O4/c12-5-1-7(9(13)14-3-5)10(17)15-4-6(16)2-8(15)11(18)19/h1,3,6,8,16H,2,4H2,(H,18,19). The Kier molecular flexibility index (Phi) is 4.07.